The summed E-state index contributed by atoms with van der Waals surface area (Å²) in [5, 5.41) is 19.5. The van der Waals surface area contributed by atoms with Gasteiger partial charge in [0, 0.05) is 23.7 Å². The maximum Gasteiger partial charge on any atom is 0.270 e. The molecule has 8 heteroatoms. The molecule has 0 aliphatic rings. The van der Waals surface area contributed by atoms with E-state index in [4.69, 9.17) is 0 Å². The van der Waals surface area contributed by atoms with Crippen LogP contribution in [0, 0.1) is 13.8 Å². The van der Waals surface area contributed by atoms with Crippen molar-refractivity contribution in [3.05, 3.63) is 57.4 Å². The minimum atomic E-state index is -0.541. The number of nitrogens with zero attached hydrogens (tertiary/aromatic N) is 3. The van der Waals surface area contributed by atoms with Gasteiger partial charge in [0.15, 0.2) is 11.4 Å². The van der Waals surface area contributed by atoms with E-state index in [1.54, 1.807) is 0 Å². The van der Waals surface area contributed by atoms with Gasteiger partial charge < -0.3 is 10.4 Å². The number of aromatic hydroxyl groups is 1. The Morgan fingerprint density at radius 1 is 1.42 bits per heavy atom. The van der Waals surface area contributed by atoms with Crippen molar-refractivity contribution in [3.8, 4) is 5.75 Å². The van der Waals surface area contributed by atoms with Crippen molar-refractivity contribution in [2.45, 2.75) is 26.8 Å². The predicted molar refractivity (Wildman–Crippen MR) is 87.1 cm³/mol. The predicted octanol–water partition coefficient (Wildman–Crippen LogP) is 1.23. The van der Waals surface area contributed by atoms with Gasteiger partial charge in [-0.3, -0.25) is 19.1 Å². The number of fused-ring (bicyclic) bond motifs is 1. The number of carbonyl (C=O) groups is 1. The maximum absolute atomic E-state index is 12.5. The van der Waals surface area contributed by atoms with Gasteiger partial charge in [-0.25, -0.2) is 4.98 Å². The number of rotatable bonds is 3. The lowest BCUT2D eigenvalue weighted by Crippen LogP contribution is -2.33. The van der Waals surface area contributed by atoms with Crippen LogP contribution in [0.1, 0.15) is 40.3 Å². The van der Waals surface area contributed by atoms with E-state index >= 15 is 0 Å². The molecule has 0 saturated carbocycles. The van der Waals surface area contributed by atoms with Crippen LogP contribution in [-0.4, -0.2) is 30.6 Å². The summed E-state index contributed by atoms with van der Waals surface area (Å²) >= 11 is 0. The Labute approximate surface area is 137 Å². The Balaban J connectivity index is 1.95. The minimum absolute atomic E-state index is 0.0937. The average molecular weight is 327 g/mol. The first-order valence-corrected chi connectivity index (χ1v) is 7.42. The fourth-order valence-corrected chi connectivity index (χ4v) is 2.79. The van der Waals surface area contributed by atoms with E-state index < -0.39 is 11.5 Å². The number of hydrogen-bond donors (Lipinski definition) is 3. The molecular weight excluding hydrogens is 310 g/mol. The van der Waals surface area contributed by atoms with Gasteiger partial charge in [-0.15, -0.1) is 0 Å². The molecule has 0 bridgehead atoms. The largest absolute Gasteiger partial charge is 0.504 e. The van der Waals surface area contributed by atoms with Gasteiger partial charge in [-0.2, -0.15) is 5.10 Å². The average Bonchev–Trinajstić information content (AvgIpc) is 2.87. The molecule has 3 aromatic rings. The van der Waals surface area contributed by atoms with Crippen molar-refractivity contribution in [3.63, 3.8) is 0 Å². The van der Waals surface area contributed by atoms with Gasteiger partial charge in [-0.1, -0.05) is 0 Å². The van der Waals surface area contributed by atoms with Crippen LogP contribution in [0.4, 0.5) is 0 Å². The molecule has 0 aromatic carbocycles. The number of aromatic amines is 1. The molecule has 0 aliphatic carbocycles. The van der Waals surface area contributed by atoms with E-state index in [0.717, 1.165) is 21.4 Å². The number of aromatic nitrogens is 4. The minimum Gasteiger partial charge on any atom is -0.504 e. The topological polar surface area (TPSA) is 112 Å². The fourth-order valence-electron chi connectivity index (χ4n) is 2.79. The Bertz CT molecular complexity index is 970. The van der Waals surface area contributed by atoms with E-state index in [1.807, 2.05) is 20.8 Å². The molecular formula is C16H17N5O3. The van der Waals surface area contributed by atoms with Crippen molar-refractivity contribution in [1.29, 1.82) is 0 Å². The second-order valence-electron chi connectivity index (χ2n) is 5.61. The normalized spacial score (nSPS) is 12.3. The number of H-pyrrole nitrogens is 1. The Morgan fingerprint density at radius 2 is 2.17 bits per heavy atom. The number of nitrogens with one attached hydrogen (secondary N) is 2. The van der Waals surface area contributed by atoms with Gasteiger partial charge in [0.25, 0.3) is 11.5 Å². The Morgan fingerprint density at radius 3 is 2.83 bits per heavy atom. The molecule has 1 atom stereocenters. The highest BCUT2D eigenvalue weighted by Crippen LogP contribution is 2.19. The van der Waals surface area contributed by atoms with E-state index in [9.17, 15) is 14.7 Å². The van der Waals surface area contributed by atoms with Gasteiger partial charge in [0.2, 0.25) is 0 Å². The van der Waals surface area contributed by atoms with Crippen LogP contribution in [0.15, 0.2) is 29.3 Å². The molecule has 3 N–H and O–H groups in total. The lowest BCUT2D eigenvalue weighted by molar-refractivity contribution is 0.0937. The molecule has 0 spiro atoms. The SMILES string of the molecule is Cc1n[nH]c(C)c1[C@H](C)NC(=O)c1cnc2c(O)cccn2c1=O. The molecule has 1 amide bonds. The third-order valence-electron chi connectivity index (χ3n) is 3.92. The molecule has 0 saturated heterocycles. The number of aryl methyl sites for hydroxylation is 2. The third kappa shape index (κ3) is 2.51. The van der Waals surface area contributed by atoms with E-state index in [1.165, 1.54) is 24.5 Å². The summed E-state index contributed by atoms with van der Waals surface area (Å²) in [5.74, 6) is -0.655. The summed E-state index contributed by atoms with van der Waals surface area (Å²) in [6.45, 7) is 5.53. The summed E-state index contributed by atoms with van der Waals surface area (Å²) in [6, 6.07) is 2.61. The quantitative estimate of drug-likeness (QED) is 0.670. The molecule has 3 aromatic heterocycles. The molecule has 24 heavy (non-hydrogen) atoms. The zero-order valence-corrected chi connectivity index (χ0v) is 13.5. The van der Waals surface area contributed by atoms with Gasteiger partial charge in [-0.05, 0) is 32.9 Å². The number of pyridine rings is 1. The first kappa shape index (κ1) is 15.7. The lowest BCUT2D eigenvalue weighted by Gasteiger charge is -2.14. The third-order valence-corrected chi connectivity index (χ3v) is 3.92. The van der Waals surface area contributed by atoms with Crippen molar-refractivity contribution in [2.24, 2.45) is 0 Å². The molecule has 3 rings (SSSR count). The van der Waals surface area contributed by atoms with Crippen LogP contribution in [0.2, 0.25) is 0 Å². The second kappa shape index (κ2) is 5.80. The zero-order valence-electron chi connectivity index (χ0n) is 13.5. The van der Waals surface area contributed by atoms with Crippen LogP contribution in [0.5, 0.6) is 5.75 Å². The van der Waals surface area contributed by atoms with Crippen LogP contribution in [0.3, 0.4) is 0 Å². The van der Waals surface area contributed by atoms with Gasteiger partial charge >= 0.3 is 0 Å². The van der Waals surface area contributed by atoms with E-state index in [2.05, 4.69) is 20.5 Å². The molecule has 8 nitrogen and oxygen atoms in total. The Hall–Kier alpha value is -3.16. The van der Waals surface area contributed by atoms with Gasteiger partial charge in [0.05, 0.1) is 11.7 Å². The maximum atomic E-state index is 12.5. The van der Waals surface area contributed by atoms with E-state index in [-0.39, 0.29) is 23.0 Å². The summed E-state index contributed by atoms with van der Waals surface area (Å²) in [7, 11) is 0. The van der Waals surface area contributed by atoms with Crippen LogP contribution in [-0.2, 0) is 0 Å². The number of carbonyl (C=O) groups excluding carboxylic acids is 1. The smallest absolute Gasteiger partial charge is 0.270 e. The van der Waals surface area contributed by atoms with Crippen LogP contribution in [0.25, 0.3) is 5.65 Å². The molecule has 0 unspecified atom stereocenters. The first-order valence-electron chi connectivity index (χ1n) is 7.42. The van der Waals surface area contributed by atoms with E-state index in [0.29, 0.717) is 0 Å². The fraction of sp³-hybridized carbons (Fsp3) is 0.250. The molecule has 0 fully saturated rings. The highest BCUT2D eigenvalue weighted by Gasteiger charge is 2.20. The second-order valence-corrected chi connectivity index (χ2v) is 5.61. The van der Waals surface area contributed by atoms with Gasteiger partial charge in [0.1, 0.15) is 5.56 Å². The lowest BCUT2D eigenvalue weighted by atomic mass is 10.1. The summed E-state index contributed by atoms with van der Waals surface area (Å²) in [4.78, 5) is 28.9. The summed E-state index contributed by atoms with van der Waals surface area (Å²) in [6.07, 6.45) is 2.63. The highest BCUT2D eigenvalue weighted by molar-refractivity contribution is 5.94. The molecule has 0 aliphatic heterocycles. The van der Waals surface area contributed by atoms with Crippen LogP contribution >= 0.6 is 0 Å². The molecule has 0 radical (unpaired) electrons. The first-order chi connectivity index (χ1) is 11.4. The van der Waals surface area contributed by atoms with Crippen molar-refractivity contribution < 1.29 is 9.90 Å². The number of hydrogen-bond acceptors (Lipinski definition) is 5. The zero-order chi connectivity index (χ0) is 17.4. The Kier molecular flexibility index (Phi) is 3.80. The van der Waals surface area contributed by atoms with Crippen molar-refractivity contribution in [2.75, 3.05) is 0 Å². The standard InChI is InChI=1S/C16H17N5O3/c1-8(13-9(2)19-20-10(13)3)18-15(23)11-7-17-14-12(22)5-4-6-21(14)16(11)24/h4-8,22H,1-3H3,(H,18,23)(H,19,20)/t8-/m0/s1. The summed E-state index contributed by atoms with van der Waals surface area (Å²) in [5.41, 5.74) is 2.01. The van der Waals surface area contributed by atoms with Crippen LogP contribution < -0.4 is 10.9 Å². The molecule has 124 valence electrons. The van der Waals surface area contributed by atoms with Crippen molar-refractivity contribution >= 4 is 11.6 Å². The van der Waals surface area contributed by atoms with Crippen molar-refractivity contribution in [1.82, 2.24) is 24.9 Å². The highest BCUT2D eigenvalue weighted by atomic mass is 16.3. The summed E-state index contributed by atoms with van der Waals surface area (Å²) < 4.78 is 1.14. The molecule has 3 heterocycles. The number of amides is 1. The monoisotopic (exact) mass is 327 g/mol.